The van der Waals surface area contributed by atoms with E-state index in [1.807, 2.05) is 48.5 Å². The van der Waals surface area contributed by atoms with Crippen molar-refractivity contribution in [1.29, 1.82) is 0 Å². The predicted molar refractivity (Wildman–Crippen MR) is 130 cm³/mol. The fourth-order valence-electron chi connectivity index (χ4n) is 4.97. The lowest BCUT2D eigenvalue weighted by atomic mass is 9.73. The minimum Gasteiger partial charge on any atom is -0.497 e. The Kier molecular flexibility index (Phi) is 6.21. The van der Waals surface area contributed by atoms with E-state index in [2.05, 4.69) is 16.8 Å². The molecule has 3 aromatic rings. The highest BCUT2D eigenvalue weighted by Crippen LogP contribution is 2.43. The van der Waals surface area contributed by atoms with Gasteiger partial charge in [-0.05, 0) is 48.0 Å². The molecule has 35 heavy (non-hydrogen) atoms. The number of piperazine rings is 1. The molecule has 2 fully saturated rings. The Labute approximate surface area is 204 Å². The first kappa shape index (κ1) is 22.6. The molecule has 0 radical (unpaired) electrons. The number of amides is 2. The first-order chi connectivity index (χ1) is 17.1. The van der Waals surface area contributed by atoms with Gasteiger partial charge in [0.1, 0.15) is 12.3 Å². The summed E-state index contributed by atoms with van der Waals surface area (Å²) in [6, 6.07) is 18.3. The highest BCUT2D eigenvalue weighted by molar-refractivity contribution is 5.97. The molecule has 2 aromatic carbocycles. The topological polar surface area (TPSA) is 83.0 Å². The van der Waals surface area contributed by atoms with Crippen LogP contribution >= 0.6 is 0 Å². The van der Waals surface area contributed by atoms with Crippen molar-refractivity contribution in [3.63, 3.8) is 0 Å². The molecule has 3 heterocycles. The molecule has 3 atom stereocenters. The molecule has 0 aliphatic carbocycles. The van der Waals surface area contributed by atoms with Crippen molar-refractivity contribution in [1.82, 2.24) is 14.8 Å². The molecule has 176 valence electrons. The fourth-order valence-corrected chi connectivity index (χ4v) is 4.97. The van der Waals surface area contributed by atoms with Crippen molar-refractivity contribution in [2.45, 2.75) is 18.0 Å². The van der Waals surface area contributed by atoms with E-state index in [9.17, 15) is 14.7 Å². The molecule has 2 aliphatic heterocycles. The summed E-state index contributed by atoms with van der Waals surface area (Å²) >= 11 is 0. The number of rotatable bonds is 4. The fraction of sp³-hybridized carbons (Fsp3) is 0.250. The Morgan fingerprint density at radius 3 is 2.54 bits per heavy atom. The molecule has 2 amide bonds. The Bertz CT molecular complexity index is 1300. The summed E-state index contributed by atoms with van der Waals surface area (Å²) in [5, 5.41) is 10.0. The average Bonchev–Trinajstić information content (AvgIpc) is 2.89. The van der Waals surface area contributed by atoms with Gasteiger partial charge in [-0.25, -0.2) is 0 Å². The lowest BCUT2D eigenvalue weighted by Crippen LogP contribution is -2.73. The summed E-state index contributed by atoms with van der Waals surface area (Å²) in [6.07, 6.45) is 3.13. The smallest absolute Gasteiger partial charge is 0.254 e. The van der Waals surface area contributed by atoms with Crippen LogP contribution in [-0.2, 0) is 4.79 Å². The van der Waals surface area contributed by atoms with Crippen molar-refractivity contribution in [2.75, 3.05) is 26.8 Å². The van der Waals surface area contributed by atoms with Crippen molar-refractivity contribution in [3.05, 3.63) is 95.3 Å². The lowest BCUT2D eigenvalue weighted by Gasteiger charge is -2.58. The second-order valence-corrected chi connectivity index (χ2v) is 8.67. The zero-order valence-electron chi connectivity index (χ0n) is 19.3. The summed E-state index contributed by atoms with van der Waals surface area (Å²) < 4.78 is 5.24. The maximum absolute atomic E-state index is 12.9. The maximum Gasteiger partial charge on any atom is 0.254 e. The molecule has 5 rings (SSSR count). The van der Waals surface area contributed by atoms with E-state index in [0.717, 1.165) is 22.4 Å². The number of aliphatic hydroxyl groups excluding tert-OH is 1. The van der Waals surface area contributed by atoms with Crippen LogP contribution in [0.15, 0.2) is 73.1 Å². The van der Waals surface area contributed by atoms with Crippen molar-refractivity contribution in [2.24, 2.45) is 0 Å². The summed E-state index contributed by atoms with van der Waals surface area (Å²) in [4.78, 5) is 33.1. The first-order valence-electron chi connectivity index (χ1n) is 11.5. The Hall–Kier alpha value is -4.15. The van der Waals surface area contributed by atoms with Gasteiger partial charge < -0.3 is 19.6 Å². The summed E-state index contributed by atoms with van der Waals surface area (Å²) in [6.45, 7) is 0.313. The molecule has 7 heteroatoms. The summed E-state index contributed by atoms with van der Waals surface area (Å²) in [5.41, 5.74) is 3.25. The number of aliphatic hydroxyl groups is 1. The van der Waals surface area contributed by atoms with Crippen molar-refractivity contribution < 1.29 is 19.4 Å². The van der Waals surface area contributed by atoms with Gasteiger partial charge in [0.05, 0.1) is 25.8 Å². The van der Waals surface area contributed by atoms with E-state index in [1.165, 1.54) is 0 Å². The van der Waals surface area contributed by atoms with Crippen LogP contribution in [0.3, 0.4) is 0 Å². The SMILES string of the molecule is COc1cccc(C#Cc2ccc([C@@H]3[C@@H](CO)N4C(=O)CN(C(=O)c5ccncc5)C[C@@H]34)cc2)c1. The van der Waals surface area contributed by atoms with E-state index in [-0.39, 0.29) is 43.0 Å². The number of methoxy groups -OCH3 is 1. The van der Waals surface area contributed by atoms with Gasteiger partial charge in [-0.1, -0.05) is 30.0 Å². The number of hydrogen-bond acceptors (Lipinski definition) is 5. The van der Waals surface area contributed by atoms with E-state index in [4.69, 9.17) is 4.74 Å². The number of benzene rings is 2. The van der Waals surface area contributed by atoms with Gasteiger partial charge in [0.15, 0.2) is 0 Å². The third-order valence-corrected chi connectivity index (χ3v) is 6.68. The average molecular weight is 468 g/mol. The minimum atomic E-state index is -0.292. The highest BCUT2D eigenvalue weighted by Gasteiger charge is 2.54. The Balaban J connectivity index is 1.34. The Morgan fingerprint density at radius 1 is 1.09 bits per heavy atom. The number of aromatic nitrogens is 1. The molecule has 0 unspecified atom stereocenters. The van der Waals surface area contributed by atoms with Crippen LogP contribution in [0.2, 0.25) is 0 Å². The largest absolute Gasteiger partial charge is 0.497 e. The van der Waals surface area contributed by atoms with Gasteiger partial charge in [-0.2, -0.15) is 0 Å². The van der Waals surface area contributed by atoms with Crippen LogP contribution in [0.25, 0.3) is 0 Å². The minimum absolute atomic E-state index is 0.0136. The van der Waals surface area contributed by atoms with Gasteiger partial charge in [0.25, 0.3) is 5.91 Å². The van der Waals surface area contributed by atoms with Crippen LogP contribution in [0.5, 0.6) is 5.75 Å². The van der Waals surface area contributed by atoms with E-state index < -0.39 is 0 Å². The van der Waals surface area contributed by atoms with E-state index in [1.54, 1.807) is 41.4 Å². The molecular weight excluding hydrogens is 442 g/mol. The van der Waals surface area contributed by atoms with Gasteiger partial charge in [-0.15, -0.1) is 0 Å². The molecule has 2 aliphatic rings. The van der Waals surface area contributed by atoms with Crippen molar-refractivity contribution in [3.8, 4) is 17.6 Å². The molecule has 0 saturated carbocycles. The molecule has 1 aromatic heterocycles. The number of nitrogens with zero attached hydrogens (tertiary/aromatic N) is 3. The maximum atomic E-state index is 12.9. The standard InChI is InChI=1S/C28H25N3O4/c1-35-23-4-2-3-20(15-23)6-5-19-7-9-21(10-8-19)27-24-16-30(17-26(33)31(24)25(27)18-32)28(34)22-11-13-29-14-12-22/h2-4,7-15,24-25,27,32H,16-18H2,1H3/t24-,25+,27-/m0/s1. The lowest BCUT2D eigenvalue weighted by molar-refractivity contribution is -0.159. The second kappa shape index (κ2) is 9.61. The van der Waals surface area contributed by atoms with Crippen molar-refractivity contribution >= 4 is 11.8 Å². The number of fused-ring (bicyclic) bond motifs is 1. The zero-order chi connectivity index (χ0) is 24.4. The van der Waals surface area contributed by atoms with Gasteiger partial charge >= 0.3 is 0 Å². The monoisotopic (exact) mass is 467 g/mol. The first-order valence-corrected chi connectivity index (χ1v) is 11.5. The summed E-state index contributed by atoms with van der Waals surface area (Å²) in [7, 11) is 1.63. The molecular formula is C28H25N3O4. The highest BCUT2D eigenvalue weighted by atomic mass is 16.5. The molecule has 0 bridgehead atoms. The molecule has 2 saturated heterocycles. The van der Waals surface area contributed by atoms with Crippen LogP contribution in [-0.4, -0.2) is 70.6 Å². The number of ether oxygens (including phenoxy) is 1. The quantitative estimate of drug-likeness (QED) is 0.596. The molecule has 1 N–H and O–H groups in total. The molecule has 0 spiro atoms. The molecule has 7 nitrogen and oxygen atoms in total. The second-order valence-electron chi connectivity index (χ2n) is 8.67. The van der Waals surface area contributed by atoms with Gasteiger partial charge in [0.2, 0.25) is 5.91 Å². The van der Waals surface area contributed by atoms with Crippen LogP contribution in [0.1, 0.15) is 33.0 Å². The van der Waals surface area contributed by atoms with Gasteiger partial charge in [0, 0.05) is 41.5 Å². The third-order valence-electron chi connectivity index (χ3n) is 6.68. The van der Waals surface area contributed by atoms with E-state index in [0.29, 0.717) is 12.1 Å². The number of carbonyl (C=O) groups is 2. The number of hydrogen-bond donors (Lipinski definition) is 1. The number of pyridine rings is 1. The van der Waals surface area contributed by atoms with Crippen LogP contribution < -0.4 is 4.74 Å². The Morgan fingerprint density at radius 2 is 1.83 bits per heavy atom. The van der Waals surface area contributed by atoms with Crippen LogP contribution in [0.4, 0.5) is 0 Å². The normalized spacial score (nSPS) is 20.9. The van der Waals surface area contributed by atoms with E-state index >= 15 is 0 Å². The predicted octanol–water partition coefficient (Wildman–Crippen LogP) is 2.30. The van der Waals surface area contributed by atoms with Crippen LogP contribution in [0, 0.1) is 11.8 Å². The summed E-state index contributed by atoms with van der Waals surface area (Å²) in [5.74, 6) is 6.69. The number of carbonyl (C=O) groups excluding carboxylic acids is 2. The van der Waals surface area contributed by atoms with Gasteiger partial charge in [-0.3, -0.25) is 14.6 Å². The zero-order valence-corrected chi connectivity index (χ0v) is 19.3. The third kappa shape index (κ3) is 4.36.